The van der Waals surface area contributed by atoms with Crippen LogP contribution >= 0.6 is 11.6 Å². The highest BCUT2D eigenvalue weighted by Gasteiger charge is 2.18. The van der Waals surface area contributed by atoms with Crippen molar-refractivity contribution in [2.45, 2.75) is 70.1 Å². The Bertz CT molecular complexity index is 318. The van der Waals surface area contributed by atoms with Crippen LogP contribution in [0.15, 0.2) is 12.7 Å². The average molecular weight is 333 g/mol. The van der Waals surface area contributed by atoms with Crippen LogP contribution in [-0.4, -0.2) is 30.5 Å². The molecule has 0 aliphatic heterocycles. The molecule has 0 saturated carbocycles. The Balaban J connectivity index is 3.41. The third-order valence-electron chi connectivity index (χ3n) is 3.29. The van der Waals surface area contributed by atoms with E-state index in [1.54, 1.807) is 0 Å². The standard InChI is InChI=1S/C17H29ClO4/c1-3-5-6-7-8-9-10-11-12-13-21-17(20)15(18)14-22-16(19)4-2/h4,15H,2-3,5-14H2,1H3. The van der Waals surface area contributed by atoms with E-state index in [9.17, 15) is 9.59 Å². The van der Waals surface area contributed by atoms with Crippen LogP contribution in [0.2, 0.25) is 0 Å². The normalized spacial score (nSPS) is 11.7. The lowest BCUT2D eigenvalue weighted by molar-refractivity contribution is -0.146. The number of unbranched alkanes of at least 4 members (excludes halogenated alkanes) is 8. The number of carbonyl (C=O) groups excluding carboxylic acids is 2. The van der Waals surface area contributed by atoms with Crippen molar-refractivity contribution in [2.24, 2.45) is 0 Å². The Hall–Kier alpha value is -1.03. The van der Waals surface area contributed by atoms with Gasteiger partial charge < -0.3 is 9.47 Å². The molecule has 0 bridgehead atoms. The van der Waals surface area contributed by atoms with Gasteiger partial charge in [-0.25, -0.2) is 4.79 Å². The summed E-state index contributed by atoms with van der Waals surface area (Å²) in [5, 5.41) is -0.956. The van der Waals surface area contributed by atoms with Crippen LogP contribution in [0.3, 0.4) is 0 Å². The third kappa shape index (κ3) is 12.7. The Kier molecular flexibility index (Phi) is 14.2. The van der Waals surface area contributed by atoms with Gasteiger partial charge in [0.05, 0.1) is 6.61 Å². The molecular formula is C17H29ClO4. The van der Waals surface area contributed by atoms with Crippen molar-refractivity contribution in [1.29, 1.82) is 0 Å². The molecule has 1 atom stereocenters. The second-order valence-electron chi connectivity index (χ2n) is 5.30. The van der Waals surface area contributed by atoms with Crippen molar-refractivity contribution < 1.29 is 19.1 Å². The molecule has 0 amide bonds. The summed E-state index contributed by atoms with van der Waals surface area (Å²) in [6, 6.07) is 0. The van der Waals surface area contributed by atoms with Crippen molar-refractivity contribution in [3.8, 4) is 0 Å². The molecule has 5 heteroatoms. The SMILES string of the molecule is C=CC(=O)OCC(Cl)C(=O)OCCCCCCCCCCC. The van der Waals surface area contributed by atoms with E-state index in [-0.39, 0.29) is 6.61 Å². The Morgan fingerprint density at radius 1 is 1.00 bits per heavy atom. The number of halogens is 1. The predicted octanol–water partition coefficient (Wildman–Crippen LogP) is 4.40. The zero-order chi connectivity index (χ0) is 16.6. The molecule has 0 N–H and O–H groups in total. The average Bonchev–Trinajstić information content (AvgIpc) is 2.53. The molecule has 0 radical (unpaired) electrons. The molecule has 0 aliphatic carbocycles. The van der Waals surface area contributed by atoms with Crippen LogP contribution in [0.25, 0.3) is 0 Å². The fraction of sp³-hybridized carbons (Fsp3) is 0.765. The van der Waals surface area contributed by atoms with Gasteiger partial charge in [-0.15, -0.1) is 11.6 Å². The fourth-order valence-electron chi connectivity index (χ4n) is 1.96. The highest BCUT2D eigenvalue weighted by Crippen LogP contribution is 2.10. The van der Waals surface area contributed by atoms with E-state index in [1.807, 2.05) is 0 Å². The van der Waals surface area contributed by atoms with E-state index in [0.717, 1.165) is 18.9 Å². The van der Waals surface area contributed by atoms with E-state index < -0.39 is 17.3 Å². The lowest BCUT2D eigenvalue weighted by Gasteiger charge is -2.09. The van der Waals surface area contributed by atoms with Crippen molar-refractivity contribution in [3.63, 3.8) is 0 Å². The van der Waals surface area contributed by atoms with Crippen LogP contribution in [0, 0.1) is 0 Å². The molecule has 0 fully saturated rings. The summed E-state index contributed by atoms with van der Waals surface area (Å²) < 4.78 is 9.73. The second kappa shape index (κ2) is 14.9. The van der Waals surface area contributed by atoms with Gasteiger partial charge in [0.25, 0.3) is 0 Å². The Morgan fingerprint density at radius 3 is 2.09 bits per heavy atom. The largest absolute Gasteiger partial charge is 0.464 e. The van der Waals surface area contributed by atoms with Gasteiger partial charge in [-0.05, 0) is 6.42 Å². The number of esters is 2. The van der Waals surface area contributed by atoms with E-state index in [4.69, 9.17) is 16.3 Å². The van der Waals surface area contributed by atoms with Crippen molar-refractivity contribution in [2.75, 3.05) is 13.2 Å². The van der Waals surface area contributed by atoms with Crippen LogP contribution in [0.5, 0.6) is 0 Å². The van der Waals surface area contributed by atoms with Gasteiger partial charge in [0.15, 0.2) is 5.38 Å². The van der Waals surface area contributed by atoms with Crippen LogP contribution in [0.1, 0.15) is 64.7 Å². The highest BCUT2D eigenvalue weighted by atomic mass is 35.5. The first-order chi connectivity index (χ1) is 10.6. The van der Waals surface area contributed by atoms with Crippen LogP contribution < -0.4 is 0 Å². The van der Waals surface area contributed by atoms with Gasteiger partial charge in [0, 0.05) is 6.08 Å². The number of hydrogen-bond donors (Lipinski definition) is 0. The molecule has 4 nitrogen and oxygen atoms in total. The molecule has 0 spiro atoms. The Labute approximate surface area is 139 Å². The van der Waals surface area contributed by atoms with Gasteiger partial charge in [-0.1, -0.05) is 64.9 Å². The van der Waals surface area contributed by atoms with Gasteiger partial charge in [-0.3, -0.25) is 4.79 Å². The topological polar surface area (TPSA) is 52.6 Å². The molecular weight excluding hydrogens is 304 g/mol. The molecule has 0 aromatic carbocycles. The number of carbonyl (C=O) groups is 2. The van der Waals surface area contributed by atoms with E-state index >= 15 is 0 Å². The minimum Gasteiger partial charge on any atom is -0.464 e. The molecule has 0 saturated heterocycles. The summed E-state index contributed by atoms with van der Waals surface area (Å²) in [6.45, 7) is 5.65. The number of hydrogen-bond acceptors (Lipinski definition) is 4. The summed E-state index contributed by atoms with van der Waals surface area (Å²) in [4.78, 5) is 22.3. The zero-order valence-electron chi connectivity index (χ0n) is 13.7. The fourth-order valence-corrected chi connectivity index (χ4v) is 2.08. The first kappa shape index (κ1) is 21.0. The number of ether oxygens (including phenoxy) is 2. The second-order valence-corrected chi connectivity index (χ2v) is 5.82. The molecule has 0 aliphatic rings. The third-order valence-corrected chi connectivity index (χ3v) is 3.59. The molecule has 0 aromatic heterocycles. The monoisotopic (exact) mass is 332 g/mol. The van der Waals surface area contributed by atoms with Crippen LogP contribution in [-0.2, 0) is 19.1 Å². The van der Waals surface area contributed by atoms with Crippen LogP contribution in [0.4, 0.5) is 0 Å². The predicted molar refractivity (Wildman–Crippen MR) is 89.0 cm³/mol. The molecule has 0 aromatic rings. The highest BCUT2D eigenvalue weighted by molar-refractivity contribution is 6.30. The van der Waals surface area contributed by atoms with Crippen molar-refractivity contribution in [1.82, 2.24) is 0 Å². The molecule has 0 heterocycles. The first-order valence-electron chi connectivity index (χ1n) is 8.21. The molecule has 128 valence electrons. The minimum atomic E-state index is -0.956. The number of rotatable bonds is 14. The lowest BCUT2D eigenvalue weighted by atomic mass is 10.1. The summed E-state index contributed by atoms with van der Waals surface area (Å²) in [5.41, 5.74) is 0. The minimum absolute atomic E-state index is 0.191. The molecule has 1 unspecified atom stereocenters. The summed E-state index contributed by atoms with van der Waals surface area (Å²) >= 11 is 5.77. The van der Waals surface area contributed by atoms with Crippen molar-refractivity contribution in [3.05, 3.63) is 12.7 Å². The number of alkyl halides is 1. The quantitative estimate of drug-likeness (QED) is 0.205. The van der Waals surface area contributed by atoms with E-state index in [0.29, 0.717) is 6.61 Å². The lowest BCUT2D eigenvalue weighted by Crippen LogP contribution is -2.24. The first-order valence-corrected chi connectivity index (χ1v) is 8.65. The summed E-state index contributed by atoms with van der Waals surface area (Å²) in [5.74, 6) is -1.14. The maximum Gasteiger partial charge on any atom is 0.330 e. The van der Waals surface area contributed by atoms with E-state index in [2.05, 4.69) is 18.2 Å². The van der Waals surface area contributed by atoms with Gasteiger partial charge >= 0.3 is 11.9 Å². The van der Waals surface area contributed by atoms with Gasteiger partial charge in [-0.2, -0.15) is 0 Å². The van der Waals surface area contributed by atoms with Gasteiger partial charge in [0.1, 0.15) is 6.61 Å². The maximum absolute atomic E-state index is 11.5. The molecule has 22 heavy (non-hydrogen) atoms. The summed E-state index contributed by atoms with van der Waals surface area (Å²) in [7, 11) is 0. The smallest absolute Gasteiger partial charge is 0.330 e. The van der Waals surface area contributed by atoms with Crippen molar-refractivity contribution >= 4 is 23.5 Å². The Morgan fingerprint density at radius 2 is 1.55 bits per heavy atom. The summed E-state index contributed by atoms with van der Waals surface area (Å²) in [6.07, 6.45) is 11.9. The maximum atomic E-state index is 11.5. The molecule has 0 rings (SSSR count). The van der Waals surface area contributed by atoms with Gasteiger partial charge in [0.2, 0.25) is 0 Å². The zero-order valence-corrected chi connectivity index (χ0v) is 14.4. The van der Waals surface area contributed by atoms with E-state index in [1.165, 1.54) is 44.9 Å².